The van der Waals surface area contributed by atoms with Gasteiger partial charge in [0, 0.05) is 37.1 Å². The maximum absolute atomic E-state index is 13.1. The van der Waals surface area contributed by atoms with Gasteiger partial charge in [-0.15, -0.1) is 0 Å². The van der Waals surface area contributed by atoms with Gasteiger partial charge in [0.1, 0.15) is 6.04 Å². The number of hydrogen-bond donors (Lipinski definition) is 6. The van der Waals surface area contributed by atoms with Crippen molar-refractivity contribution >= 4 is 58.3 Å². The first kappa shape index (κ1) is 37.9. The van der Waals surface area contributed by atoms with Crippen molar-refractivity contribution in [1.82, 2.24) is 10.6 Å². The van der Waals surface area contributed by atoms with Crippen molar-refractivity contribution in [1.29, 1.82) is 0 Å². The van der Waals surface area contributed by atoms with Crippen LogP contribution in [0.2, 0.25) is 0 Å². The molecule has 2 amide bonds. The number of nitrogens with one attached hydrogen (secondary N) is 2. The lowest BCUT2D eigenvalue weighted by Crippen LogP contribution is -2.41. The molecule has 15 nitrogen and oxygen atoms in total. The van der Waals surface area contributed by atoms with E-state index in [-0.39, 0.29) is 23.6 Å². The lowest BCUT2D eigenvalue weighted by Gasteiger charge is -2.16. The van der Waals surface area contributed by atoms with Crippen molar-refractivity contribution in [2.45, 2.75) is 57.5 Å². The predicted molar refractivity (Wildman–Crippen MR) is 204 cm³/mol. The molecule has 276 valence electrons. The van der Waals surface area contributed by atoms with Crippen LogP contribution in [0, 0.1) is 0 Å². The molecule has 2 aliphatic heterocycles. The van der Waals surface area contributed by atoms with Gasteiger partial charge in [-0.1, -0.05) is 24.3 Å². The number of carbonyl (C=O) groups is 4. The van der Waals surface area contributed by atoms with E-state index in [2.05, 4.69) is 20.6 Å². The number of aliphatic imine (C=N–C) groups is 4. The zero-order chi connectivity index (χ0) is 38.1. The van der Waals surface area contributed by atoms with Crippen LogP contribution >= 0.6 is 0 Å². The third-order valence-corrected chi connectivity index (χ3v) is 8.94. The van der Waals surface area contributed by atoms with Gasteiger partial charge in [-0.25, -0.2) is 4.79 Å². The first-order valence-corrected chi connectivity index (χ1v) is 17.2. The zero-order valence-electron chi connectivity index (χ0n) is 29.7. The Morgan fingerprint density at radius 3 is 1.55 bits per heavy atom. The van der Waals surface area contributed by atoms with Crippen molar-refractivity contribution in [2.75, 3.05) is 20.2 Å². The summed E-state index contributed by atoms with van der Waals surface area (Å²) >= 11 is 0. The minimum Gasteiger partial charge on any atom is -0.467 e. The molecule has 0 aliphatic carbocycles. The second-order valence-electron chi connectivity index (χ2n) is 12.8. The number of benzene rings is 3. The summed E-state index contributed by atoms with van der Waals surface area (Å²) in [7, 11) is 1.27. The van der Waals surface area contributed by atoms with Crippen LogP contribution in [0.5, 0.6) is 0 Å². The molecule has 0 aromatic heterocycles. The molecular weight excluding hydrogens is 676 g/mol. The molecule has 2 atom stereocenters. The van der Waals surface area contributed by atoms with Crippen LogP contribution in [-0.2, 0) is 27.2 Å². The van der Waals surface area contributed by atoms with Gasteiger partial charge in [-0.3, -0.25) is 34.4 Å². The highest BCUT2D eigenvalue weighted by atomic mass is 16.5. The molecule has 0 spiro atoms. The molecule has 0 saturated heterocycles. The van der Waals surface area contributed by atoms with E-state index < -0.39 is 24.0 Å². The molecule has 0 radical (unpaired) electrons. The Bertz CT molecular complexity index is 2010. The number of ether oxygens (including phenoxy) is 1. The standard InChI is InChI=1S/C38H44N10O5/c1-21(49)28(5-3-15-43-37(39)40)47-34(50)24-11-13-29-26(17-24)19-32(45-29)22-7-9-23(10-8-22)33-20-27-18-25(12-14-30(27)46-33)35(51)48-31(36(52)53-2)6-4-16-44-38(41)42/h7-14,17-18,28,31H,3-6,15-16,19-20H2,1-2H3,(H,47,50)(H,48,51)(H4,39,40,43)(H4,41,42,44)/t28-,31-/m0/s1. The van der Waals surface area contributed by atoms with E-state index in [1.807, 2.05) is 36.4 Å². The van der Waals surface area contributed by atoms with Gasteiger partial charge in [-0.05, 0) is 91.3 Å². The molecule has 10 N–H and O–H groups in total. The first-order chi connectivity index (χ1) is 25.4. The fourth-order valence-electron chi connectivity index (χ4n) is 6.13. The number of esters is 1. The van der Waals surface area contributed by atoms with Crippen LogP contribution < -0.4 is 33.6 Å². The lowest BCUT2D eigenvalue weighted by molar-refractivity contribution is -0.143. The molecule has 0 saturated carbocycles. The quantitative estimate of drug-likeness (QED) is 0.0547. The first-order valence-electron chi connectivity index (χ1n) is 17.2. The van der Waals surface area contributed by atoms with Gasteiger partial charge in [0.2, 0.25) is 0 Å². The lowest BCUT2D eigenvalue weighted by atomic mass is 9.98. The summed E-state index contributed by atoms with van der Waals surface area (Å²) in [4.78, 5) is 68.1. The molecule has 2 aliphatic rings. The SMILES string of the molecule is COC(=O)[C@H](CCCN=C(N)N)NC(=O)c1ccc2c(c1)CC(c1ccc(C3=Nc4ccc(C(=O)N[C@@H](CCCN=C(N)N)C(C)=O)cc4C3)cc1)=N2. The number of rotatable bonds is 16. The Kier molecular flexibility index (Phi) is 12.3. The fourth-order valence-corrected chi connectivity index (χ4v) is 6.13. The van der Waals surface area contributed by atoms with E-state index in [0.29, 0.717) is 62.7 Å². The zero-order valence-corrected chi connectivity index (χ0v) is 29.7. The van der Waals surface area contributed by atoms with E-state index >= 15 is 0 Å². The molecule has 15 heteroatoms. The van der Waals surface area contributed by atoms with E-state index in [0.717, 1.165) is 45.1 Å². The molecule has 2 heterocycles. The summed E-state index contributed by atoms with van der Waals surface area (Å²) in [6, 6.07) is 17.1. The number of ketones is 1. The van der Waals surface area contributed by atoms with E-state index in [9.17, 15) is 19.2 Å². The van der Waals surface area contributed by atoms with Crippen molar-refractivity contribution in [2.24, 2.45) is 42.9 Å². The minimum atomic E-state index is -0.844. The Morgan fingerprint density at radius 1 is 0.698 bits per heavy atom. The topological polar surface area (TPSA) is 255 Å². The number of guanidine groups is 2. The van der Waals surface area contributed by atoms with Crippen molar-refractivity contribution < 1.29 is 23.9 Å². The van der Waals surface area contributed by atoms with Crippen LogP contribution in [0.1, 0.15) is 75.6 Å². The van der Waals surface area contributed by atoms with Gasteiger partial charge in [0.25, 0.3) is 11.8 Å². The summed E-state index contributed by atoms with van der Waals surface area (Å²) in [6.07, 6.45) is 2.85. The third-order valence-electron chi connectivity index (χ3n) is 8.94. The van der Waals surface area contributed by atoms with Crippen molar-refractivity contribution in [3.8, 4) is 0 Å². The number of fused-ring (bicyclic) bond motifs is 2. The molecule has 0 unspecified atom stereocenters. The summed E-state index contributed by atoms with van der Waals surface area (Å²) in [5, 5.41) is 5.59. The van der Waals surface area contributed by atoms with Gasteiger partial charge in [0.15, 0.2) is 17.7 Å². The number of hydrogen-bond acceptors (Lipinski definition) is 9. The number of amides is 2. The third kappa shape index (κ3) is 9.90. The fraction of sp³-hybridized carbons (Fsp3) is 0.316. The Balaban J connectivity index is 1.17. The van der Waals surface area contributed by atoms with Crippen LogP contribution in [0.4, 0.5) is 11.4 Å². The number of nitrogens with zero attached hydrogens (tertiary/aromatic N) is 4. The molecule has 3 aromatic rings. The van der Waals surface area contributed by atoms with Crippen LogP contribution in [0.25, 0.3) is 0 Å². The molecule has 0 fully saturated rings. The molecule has 53 heavy (non-hydrogen) atoms. The minimum absolute atomic E-state index is 0.0132. The van der Waals surface area contributed by atoms with Gasteiger partial charge < -0.3 is 38.3 Å². The van der Waals surface area contributed by atoms with Gasteiger partial charge in [0.05, 0.1) is 35.9 Å². The van der Waals surface area contributed by atoms with E-state index in [1.165, 1.54) is 14.0 Å². The highest BCUT2D eigenvalue weighted by Crippen LogP contribution is 2.32. The normalized spacial score (nSPS) is 13.7. The monoisotopic (exact) mass is 720 g/mol. The second-order valence-corrected chi connectivity index (χ2v) is 12.8. The highest BCUT2D eigenvalue weighted by Gasteiger charge is 2.25. The van der Waals surface area contributed by atoms with Crippen molar-refractivity contribution in [3.05, 3.63) is 94.0 Å². The largest absolute Gasteiger partial charge is 0.467 e. The van der Waals surface area contributed by atoms with E-state index in [1.54, 1.807) is 24.3 Å². The molecular formula is C38H44N10O5. The summed E-state index contributed by atoms with van der Waals surface area (Å²) < 4.78 is 4.87. The number of nitrogens with two attached hydrogens (primary N) is 4. The summed E-state index contributed by atoms with van der Waals surface area (Å²) in [5.41, 5.74) is 29.3. The van der Waals surface area contributed by atoms with Crippen LogP contribution in [0.15, 0.2) is 80.6 Å². The Labute approximate surface area is 307 Å². The van der Waals surface area contributed by atoms with Crippen LogP contribution in [-0.4, -0.2) is 79.2 Å². The van der Waals surface area contributed by atoms with Crippen molar-refractivity contribution in [3.63, 3.8) is 0 Å². The number of methoxy groups -OCH3 is 1. The maximum Gasteiger partial charge on any atom is 0.328 e. The summed E-state index contributed by atoms with van der Waals surface area (Å²) in [6.45, 7) is 2.14. The Morgan fingerprint density at radius 2 is 1.13 bits per heavy atom. The number of Topliss-reactive ketones (excluding diaryl/α,β-unsaturated/α-hetero) is 1. The highest BCUT2D eigenvalue weighted by molar-refractivity contribution is 6.10. The Hall–Kier alpha value is -6.38. The molecule has 3 aromatic carbocycles. The molecule has 0 bridgehead atoms. The average Bonchev–Trinajstić information content (AvgIpc) is 3.77. The second kappa shape index (κ2) is 17.2. The smallest absolute Gasteiger partial charge is 0.328 e. The van der Waals surface area contributed by atoms with Gasteiger partial charge >= 0.3 is 5.97 Å². The van der Waals surface area contributed by atoms with Crippen LogP contribution in [0.3, 0.4) is 0 Å². The van der Waals surface area contributed by atoms with E-state index in [4.69, 9.17) is 37.7 Å². The van der Waals surface area contributed by atoms with Gasteiger partial charge in [-0.2, -0.15) is 0 Å². The maximum atomic E-state index is 13.1. The summed E-state index contributed by atoms with van der Waals surface area (Å²) in [5.74, 6) is -1.47. The predicted octanol–water partition coefficient (Wildman–Crippen LogP) is 2.11. The number of carbonyl (C=O) groups excluding carboxylic acids is 4. The molecule has 5 rings (SSSR count). The average molecular weight is 721 g/mol.